The van der Waals surface area contributed by atoms with Crippen molar-refractivity contribution in [2.45, 2.75) is 19.3 Å². The van der Waals surface area contributed by atoms with Crippen molar-refractivity contribution in [2.24, 2.45) is 0 Å². The molecule has 16 rings (SSSR count). The Labute approximate surface area is 452 Å². The zero-order valence-electron chi connectivity index (χ0n) is 43.3. The summed E-state index contributed by atoms with van der Waals surface area (Å²) in [4.78, 5) is 0. The Hall–Kier alpha value is -9.96. The van der Waals surface area contributed by atoms with Crippen molar-refractivity contribution in [3.8, 4) is 72.7 Å². The normalized spacial score (nSPS) is 12.8. The molecule has 0 saturated heterocycles. The molecule has 0 atom stereocenters. The van der Waals surface area contributed by atoms with E-state index in [1.807, 2.05) is 0 Å². The monoisotopic (exact) mass is 993 g/mol. The van der Waals surface area contributed by atoms with Crippen LogP contribution in [0.4, 0.5) is 0 Å². The van der Waals surface area contributed by atoms with Crippen LogP contribution in [0.1, 0.15) is 25.0 Å². The second-order valence-electron chi connectivity index (χ2n) is 21.6. The van der Waals surface area contributed by atoms with Crippen LogP contribution in [0.3, 0.4) is 0 Å². The molecule has 0 fully saturated rings. The van der Waals surface area contributed by atoms with E-state index in [1.165, 1.54) is 104 Å². The molecule has 1 aliphatic rings. The highest BCUT2D eigenvalue weighted by Gasteiger charge is 2.36. The van der Waals surface area contributed by atoms with Crippen LogP contribution >= 0.6 is 0 Å². The second kappa shape index (κ2) is 17.0. The molecule has 12 aromatic carbocycles. The second-order valence-corrected chi connectivity index (χ2v) is 21.6. The molecule has 0 saturated carbocycles. The van der Waals surface area contributed by atoms with Crippen LogP contribution in [0.15, 0.2) is 273 Å². The average molecular weight is 994 g/mol. The maximum absolute atomic E-state index is 2.48. The van der Waals surface area contributed by atoms with Gasteiger partial charge in [0.25, 0.3) is 0 Å². The topological polar surface area (TPSA) is 14.8 Å². The number of hydrogen-bond acceptors (Lipinski definition) is 0. The van der Waals surface area contributed by atoms with Crippen LogP contribution in [0.25, 0.3) is 138 Å². The van der Waals surface area contributed by atoms with Crippen LogP contribution in [-0.2, 0) is 5.41 Å². The first kappa shape index (κ1) is 44.3. The molecule has 1 aliphatic carbocycles. The van der Waals surface area contributed by atoms with Crippen LogP contribution in [0.5, 0.6) is 0 Å². The number of nitrogens with zero attached hydrogens (tertiary/aromatic N) is 3. The van der Waals surface area contributed by atoms with Crippen molar-refractivity contribution in [3.05, 3.63) is 284 Å². The molecule has 0 amide bonds. The molecular weight excluding hydrogens is 943 g/mol. The predicted octanol–water partition coefficient (Wildman–Crippen LogP) is 20.0. The maximum atomic E-state index is 2.48. The van der Waals surface area contributed by atoms with Crippen molar-refractivity contribution in [2.75, 3.05) is 0 Å². The van der Waals surface area contributed by atoms with E-state index in [9.17, 15) is 0 Å². The van der Waals surface area contributed by atoms with Gasteiger partial charge in [-0.05, 0) is 158 Å². The summed E-state index contributed by atoms with van der Waals surface area (Å²) in [6, 6.07) is 101. The summed E-state index contributed by atoms with van der Waals surface area (Å²) in [5.41, 5.74) is 25.2. The highest BCUT2D eigenvalue weighted by molar-refractivity contribution is 6.13. The van der Waals surface area contributed by atoms with E-state index in [-0.39, 0.29) is 5.41 Å². The SMILES string of the molecule is CC1(C)c2ccccc2-c2cc3c4ccccc4n(-c4ccc(-c5cc(-c6cccc(-n7c8ccccc8c8ccccc87)c6)c(-c6ccccc6)c(-c6cccc(-n7c8ccccc8c8ccccc87)c6)c5)cc4)c3cc21. The number of fused-ring (bicyclic) bond motifs is 12. The zero-order chi connectivity index (χ0) is 51.6. The van der Waals surface area contributed by atoms with Gasteiger partial charge in [0.15, 0.2) is 0 Å². The lowest BCUT2D eigenvalue weighted by Gasteiger charge is -2.22. The molecule has 0 spiro atoms. The van der Waals surface area contributed by atoms with Gasteiger partial charge in [-0.2, -0.15) is 0 Å². The fourth-order valence-corrected chi connectivity index (χ4v) is 13.5. The molecule has 3 aromatic heterocycles. The van der Waals surface area contributed by atoms with Crippen molar-refractivity contribution in [1.29, 1.82) is 0 Å². The van der Waals surface area contributed by atoms with E-state index < -0.39 is 0 Å². The summed E-state index contributed by atoms with van der Waals surface area (Å²) in [6.07, 6.45) is 0. The van der Waals surface area contributed by atoms with Gasteiger partial charge in [-0.25, -0.2) is 0 Å². The van der Waals surface area contributed by atoms with E-state index in [0.717, 1.165) is 44.9 Å². The third-order valence-electron chi connectivity index (χ3n) is 17.0. The minimum Gasteiger partial charge on any atom is -0.309 e. The van der Waals surface area contributed by atoms with Gasteiger partial charge in [0.05, 0.1) is 33.1 Å². The van der Waals surface area contributed by atoms with Gasteiger partial charge in [-0.15, -0.1) is 0 Å². The molecule has 78 heavy (non-hydrogen) atoms. The average Bonchev–Trinajstić information content (AvgIpc) is 4.34. The predicted molar refractivity (Wildman–Crippen MR) is 329 cm³/mol. The molecule has 0 unspecified atom stereocenters. The molecular formula is C75H51N3. The van der Waals surface area contributed by atoms with E-state index >= 15 is 0 Å². The van der Waals surface area contributed by atoms with E-state index in [4.69, 9.17) is 0 Å². The fourth-order valence-electron chi connectivity index (χ4n) is 13.5. The number of hydrogen-bond donors (Lipinski definition) is 0. The first-order chi connectivity index (χ1) is 38.5. The van der Waals surface area contributed by atoms with Crippen LogP contribution in [-0.4, -0.2) is 13.7 Å². The van der Waals surface area contributed by atoms with Crippen molar-refractivity contribution in [1.82, 2.24) is 13.7 Å². The third kappa shape index (κ3) is 6.58. The van der Waals surface area contributed by atoms with E-state index in [0.29, 0.717) is 0 Å². The van der Waals surface area contributed by atoms with Crippen molar-refractivity contribution < 1.29 is 0 Å². The summed E-state index contributed by atoms with van der Waals surface area (Å²) in [6.45, 7) is 4.75. The lowest BCUT2D eigenvalue weighted by Crippen LogP contribution is -2.14. The molecule has 0 aliphatic heterocycles. The van der Waals surface area contributed by atoms with Gasteiger partial charge in [-0.1, -0.05) is 196 Å². The highest BCUT2D eigenvalue weighted by Crippen LogP contribution is 2.51. The Bertz CT molecular complexity index is 4640. The van der Waals surface area contributed by atoms with Gasteiger partial charge < -0.3 is 13.7 Å². The standard InChI is InChI=1S/C75H51N3/c1-75(2)66-32-12-6-26-56(66)64-46-65-61-31-11-17-37-72(61)76(73(65)47-67(64)75)53-40-38-48(39-41-53)52-44-62(50-22-18-24-54(42-50)77-68-33-13-7-27-57(68)58-28-8-14-34-69(58)77)74(49-20-4-3-5-21-49)63(45-52)51-23-19-25-55(43-51)78-70-35-15-9-29-59(70)60-30-10-16-36-71(60)78/h3-47H,1-2H3. The quantitative estimate of drug-likeness (QED) is 0.151. The Morgan fingerprint density at radius 3 is 1.17 bits per heavy atom. The molecule has 366 valence electrons. The summed E-state index contributed by atoms with van der Waals surface area (Å²) in [5, 5.41) is 7.53. The molecule has 3 nitrogen and oxygen atoms in total. The first-order valence-corrected chi connectivity index (χ1v) is 27.2. The van der Waals surface area contributed by atoms with E-state index in [2.05, 4.69) is 301 Å². The largest absolute Gasteiger partial charge is 0.309 e. The van der Waals surface area contributed by atoms with Crippen LogP contribution in [0.2, 0.25) is 0 Å². The molecule has 0 radical (unpaired) electrons. The lowest BCUT2D eigenvalue weighted by molar-refractivity contribution is 0.661. The number of benzene rings is 12. The highest BCUT2D eigenvalue weighted by atomic mass is 15.0. The Kier molecular flexibility index (Phi) is 9.68. The van der Waals surface area contributed by atoms with Gasteiger partial charge in [0, 0.05) is 54.8 Å². The third-order valence-corrected chi connectivity index (χ3v) is 17.0. The van der Waals surface area contributed by atoms with Gasteiger partial charge >= 0.3 is 0 Å². The molecule has 0 bridgehead atoms. The number of rotatable bonds is 7. The zero-order valence-corrected chi connectivity index (χ0v) is 43.3. The fraction of sp³-hybridized carbons (Fsp3) is 0.0400. The van der Waals surface area contributed by atoms with Crippen molar-refractivity contribution in [3.63, 3.8) is 0 Å². The Morgan fingerprint density at radius 2 is 0.654 bits per heavy atom. The van der Waals surface area contributed by atoms with Crippen molar-refractivity contribution >= 4 is 65.4 Å². The van der Waals surface area contributed by atoms with Gasteiger partial charge in [0.2, 0.25) is 0 Å². The minimum absolute atomic E-state index is 0.113. The lowest BCUT2D eigenvalue weighted by atomic mass is 9.82. The summed E-state index contributed by atoms with van der Waals surface area (Å²) in [7, 11) is 0. The Morgan fingerprint density at radius 1 is 0.231 bits per heavy atom. The maximum Gasteiger partial charge on any atom is 0.0544 e. The number of aromatic nitrogens is 3. The molecule has 3 heterocycles. The van der Waals surface area contributed by atoms with Gasteiger partial charge in [-0.3, -0.25) is 0 Å². The van der Waals surface area contributed by atoms with E-state index in [1.54, 1.807) is 0 Å². The van der Waals surface area contributed by atoms with Gasteiger partial charge in [0.1, 0.15) is 0 Å². The first-order valence-electron chi connectivity index (χ1n) is 27.2. The molecule has 3 heteroatoms. The number of para-hydroxylation sites is 5. The van der Waals surface area contributed by atoms with Crippen LogP contribution < -0.4 is 0 Å². The summed E-state index contributed by atoms with van der Waals surface area (Å²) >= 11 is 0. The smallest absolute Gasteiger partial charge is 0.0544 e. The molecule has 15 aromatic rings. The Balaban J connectivity index is 0.919. The molecule has 0 N–H and O–H groups in total. The van der Waals surface area contributed by atoms with Crippen LogP contribution in [0, 0.1) is 0 Å². The minimum atomic E-state index is -0.113. The summed E-state index contributed by atoms with van der Waals surface area (Å²) in [5.74, 6) is 0. The summed E-state index contributed by atoms with van der Waals surface area (Å²) < 4.78 is 7.33.